The molecule has 0 radical (unpaired) electrons. The fourth-order valence-corrected chi connectivity index (χ4v) is 2.20. The summed E-state index contributed by atoms with van der Waals surface area (Å²) in [4.78, 5) is 14.0. The SMILES string of the molecule is CCN(C(C)COC)C(CN)CC(=O)NC(C)C. The van der Waals surface area contributed by atoms with Crippen molar-refractivity contribution in [3.63, 3.8) is 0 Å². The molecule has 5 heteroatoms. The molecule has 0 aliphatic carbocycles. The van der Waals surface area contributed by atoms with Crippen LogP contribution in [0.2, 0.25) is 0 Å². The summed E-state index contributed by atoms with van der Waals surface area (Å²) in [5, 5.41) is 2.91. The predicted octanol–water partition coefficient (Wildman–Crippen LogP) is 0.585. The molecular formula is C13H29N3O2. The van der Waals surface area contributed by atoms with Crippen LogP contribution in [0.25, 0.3) is 0 Å². The van der Waals surface area contributed by atoms with Gasteiger partial charge in [0.15, 0.2) is 0 Å². The lowest BCUT2D eigenvalue weighted by molar-refractivity contribution is -0.123. The Bertz CT molecular complexity index is 234. The topological polar surface area (TPSA) is 67.6 Å². The van der Waals surface area contributed by atoms with E-state index in [2.05, 4.69) is 24.1 Å². The van der Waals surface area contributed by atoms with E-state index in [0.29, 0.717) is 19.6 Å². The average Bonchev–Trinajstić information content (AvgIpc) is 2.27. The fourth-order valence-electron chi connectivity index (χ4n) is 2.20. The lowest BCUT2D eigenvalue weighted by Crippen LogP contribution is -2.49. The van der Waals surface area contributed by atoms with Gasteiger partial charge in [-0.05, 0) is 27.3 Å². The number of amides is 1. The standard InChI is InChI=1S/C13H29N3O2/c1-6-16(11(4)9-18-5)12(8-14)7-13(17)15-10(2)3/h10-12H,6-9,14H2,1-5H3,(H,15,17). The smallest absolute Gasteiger partial charge is 0.221 e. The van der Waals surface area contributed by atoms with Crippen molar-refractivity contribution in [3.8, 4) is 0 Å². The molecule has 2 unspecified atom stereocenters. The summed E-state index contributed by atoms with van der Waals surface area (Å²) >= 11 is 0. The number of nitrogens with zero attached hydrogens (tertiary/aromatic N) is 1. The lowest BCUT2D eigenvalue weighted by atomic mass is 10.1. The maximum atomic E-state index is 11.8. The highest BCUT2D eigenvalue weighted by Gasteiger charge is 2.23. The summed E-state index contributed by atoms with van der Waals surface area (Å²) in [6, 6.07) is 0.502. The predicted molar refractivity (Wildman–Crippen MR) is 74.5 cm³/mol. The van der Waals surface area contributed by atoms with Crippen LogP contribution < -0.4 is 11.1 Å². The zero-order chi connectivity index (χ0) is 14.1. The number of carbonyl (C=O) groups excluding carboxylic acids is 1. The summed E-state index contributed by atoms with van der Waals surface area (Å²) in [6.07, 6.45) is 0.441. The molecule has 0 bridgehead atoms. The minimum atomic E-state index is 0.0588. The van der Waals surface area contributed by atoms with Crippen molar-refractivity contribution < 1.29 is 9.53 Å². The van der Waals surface area contributed by atoms with Crippen molar-refractivity contribution in [2.75, 3.05) is 26.8 Å². The van der Waals surface area contributed by atoms with Gasteiger partial charge in [-0.15, -0.1) is 0 Å². The quantitative estimate of drug-likeness (QED) is 0.636. The average molecular weight is 259 g/mol. The molecule has 0 rings (SSSR count). The molecule has 0 aromatic carbocycles. The highest BCUT2D eigenvalue weighted by Crippen LogP contribution is 2.09. The molecule has 1 amide bonds. The first-order valence-electron chi connectivity index (χ1n) is 6.70. The van der Waals surface area contributed by atoms with Crippen LogP contribution in [0.5, 0.6) is 0 Å². The van der Waals surface area contributed by atoms with Gasteiger partial charge in [-0.2, -0.15) is 0 Å². The minimum absolute atomic E-state index is 0.0588. The number of nitrogens with two attached hydrogens (primary N) is 1. The molecule has 0 aliphatic rings. The molecule has 0 saturated heterocycles. The Kier molecular flexibility index (Phi) is 8.97. The first-order chi connectivity index (χ1) is 8.46. The Labute approximate surface area is 111 Å². The van der Waals surface area contributed by atoms with Gasteiger partial charge in [0.1, 0.15) is 0 Å². The fraction of sp³-hybridized carbons (Fsp3) is 0.923. The first-order valence-corrected chi connectivity index (χ1v) is 6.70. The van der Waals surface area contributed by atoms with Crippen LogP contribution in [0.3, 0.4) is 0 Å². The largest absolute Gasteiger partial charge is 0.383 e. The molecule has 108 valence electrons. The van der Waals surface area contributed by atoms with E-state index in [1.54, 1.807) is 7.11 Å². The monoisotopic (exact) mass is 259 g/mol. The molecule has 0 aromatic rings. The highest BCUT2D eigenvalue weighted by atomic mass is 16.5. The van der Waals surface area contributed by atoms with E-state index in [0.717, 1.165) is 6.54 Å². The van der Waals surface area contributed by atoms with Gasteiger partial charge < -0.3 is 15.8 Å². The maximum Gasteiger partial charge on any atom is 0.221 e. The summed E-state index contributed by atoms with van der Waals surface area (Å²) in [7, 11) is 1.69. The molecule has 0 spiro atoms. The van der Waals surface area contributed by atoms with Crippen LogP contribution in [0.1, 0.15) is 34.1 Å². The number of hydrogen-bond acceptors (Lipinski definition) is 4. The highest BCUT2D eigenvalue weighted by molar-refractivity contribution is 5.76. The van der Waals surface area contributed by atoms with Gasteiger partial charge in [0.05, 0.1) is 6.61 Å². The zero-order valence-corrected chi connectivity index (χ0v) is 12.4. The Morgan fingerprint density at radius 3 is 2.39 bits per heavy atom. The summed E-state index contributed by atoms with van der Waals surface area (Å²) in [5.74, 6) is 0.0588. The van der Waals surface area contributed by atoms with Crippen molar-refractivity contribution in [1.29, 1.82) is 0 Å². The third-order valence-corrected chi connectivity index (χ3v) is 2.95. The number of likely N-dealkylation sites (N-methyl/N-ethyl adjacent to an activating group) is 1. The van der Waals surface area contributed by atoms with Crippen LogP contribution in [-0.4, -0.2) is 55.7 Å². The van der Waals surface area contributed by atoms with Crippen LogP contribution in [0.4, 0.5) is 0 Å². The van der Waals surface area contributed by atoms with Crippen LogP contribution in [0, 0.1) is 0 Å². The second-order valence-electron chi connectivity index (χ2n) is 4.95. The molecule has 5 nitrogen and oxygen atoms in total. The van der Waals surface area contributed by atoms with Crippen molar-refractivity contribution in [1.82, 2.24) is 10.2 Å². The maximum absolute atomic E-state index is 11.8. The van der Waals surface area contributed by atoms with Crippen LogP contribution in [0.15, 0.2) is 0 Å². The third kappa shape index (κ3) is 6.33. The van der Waals surface area contributed by atoms with E-state index in [9.17, 15) is 4.79 Å². The van der Waals surface area contributed by atoms with Gasteiger partial charge in [-0.1, -0.05) is 6.92 Å². The van der Waals surface area contributed by atoms with Crippen LogP contribution >= 0.6 is 0 Å². The van der Waals surface area contributed by atoms with Crippen molar-refractivity contribution in [3.05, 3.63) is 0 Å². The van der Waals surface area contributed by atoms with Gasteiger partial charge in [-0.3, -0.25) is 9.69 Å². The van der Waals surface area contributed by atoms with E-state index >= 15 is 0 Å². The van der Waals surface area contributed by atoms with Gasteiger partial charge >= 0.3 is 0 Å². The second-order valence-corrected chi connectivity index (χ2v) is 4.95. The Morgan fingerprint density at radius 1 is 1.39 bits per heavy atom. The van der Waals surface area contributed by atoms with E-state index < -0.39 is 0 Å². The van der Waals surface area contributed by atoms with E-state index in [1.165, 1.54) is 0 Å². The van der Waals surface area contributed by atoms with Gasteiger partial charge in [0.25, 0.3) is 0 Å². The molecule has 2 atom stereocenters. The minimum Gasteiger partial charge on any atom is -0.383 e. The van der Waals surface area contributed by atoms with Crippen molar-refractivity contribution in [2.45, 2.75) is 52.2 Å². The molecule has 0 aliphatic heterocycles. The Morgan fingerprint density at radius 2 is 2.00 bits per heavy atom. The van der Waals surface area contributed by atoms with Crippen LogP contribution in [-0.2, 0) is 9.53 Å². The Hall–Kier alpha value is -0.650. The summed E-state index contributed by atoms with van der Waals surface area (Å²) in [6.45, 7) is 10.1. The van der Waals surface area contributed by atoms with Gasteiger partial charge in [0, 0.05) is 38.2 Å². The van der Waals surface area contributed by atoms with Gasteiger partial charge in [0.2, 0.25) is 5.91 Å². The normalized spacial score (nSPS) is 14.9. The molecule has 0 fully saturated rings. The second kappa shape index (κ2) is 9.30. The Balaban J connectivity index is 4.47. The molecule has 0 saturated carbocycles. The third-order valence-electron chi connectivity index (χ3n) is 2.95. The molecule has 0 heterocycles. The molecule has 3 N–H and O–H groups in total. The lowest BCUT2D eigenvalue weighted by Gasteiger charge is -2.34. The number of methoxy groups -OCH3 is 1. The van der Waals surface area contributed by atoms with Crippen molar-refractivity contribution in [2.24, 2.45) is 5.73 Å². The number of carbonyl (C=O) groups is 1. The summed E-state index contributed by atoms with van der Waals surface area (Å²) < 4.78 is 5.17. The number of ether oxygens (including phenoxy) is 1. The van der Waals surface area contributed by atoms with E-state index in [-0.39, 0.29) is 24.0 Å². The summed E-state index contributed by atoms with van der Waals surface area (Å²) in [5.41, 5.74) is 5.80. The molecular weight excluding hydrogens is 230 g/mol. The van der Waals surface area contributed by atoms with Crippen molar-refractivity contribution >= 4 is 5.91 Å². The van der Waals surface area contributed by atoms with E-state index in [4.69, 9.17) is 10.5 Å². The van der Waals surface area contributed by atoms with E-state index in [1.807, 2.05) is 13.8 Å². The molecule has 18 heavy (non-hydrogen) atoms. The number of hydrogen-bond donors (Lipinski definition) is 2. The molecule has 0 aromatic heterocycles. The number of rotatable bonds is 9. The zero-order valence-electron chi connectivity index (χ0n) is 12.4. The first kappa shape index (κ1) is 17.4. The van der Waals surface area contributed by atoms with Gasteiger partial charge in [-0.25, -0.2) is 0 Å². The number of nitrogens with one attached hydrogen (secondary N) is 1.